The molecule has 1 amide bonds. The number of amides is 1. The summed E-state index contributed by atoms with van der Waals surface area (Å²) in [5.41, 5.74) is 7.21. The summed E-state index contributed by atoms with van der Waals surface area (Å²) in [4.78, 5) is 22.3. The molecule has 1 atom stereocenters. The number of aliphatic carboxylic acids is 1. The van der Waals surface area contributed by atoms with Crippen LogP contribution >= 0.6 is 0 Å². The van der Waals surface area contributed by atoms with Crippen LogP contribution in [0.3, 0.4) is 0 Å². The number of nitrogens with one attached hydrogen (secondary N) is 1. The van der Waals surface area contributed by atoms with Crippen LogP contribution in [0.25, 0.3) is 0 Å². The Morgan fingerprint density at radius 3 is 2.48 bits per heavy atom. The first-order chi connectivity index (χ1) is 10.0. The number of nitrogens with two attached hydrogens (primary N) is 1. The van der Waals surface area contributed by atoms with Crippen molar-refractivity contribution in [2.45, 2.75) is 39.0 Å². The Morgan fingerprint density at radius 1 is 1.24 bits per heavy atom. The monoisotopic (exact) mass is 292 g/mol. The molecule has 0 saturated carbocycles. The Labute approximate surface area is 125 Å². The molecule has 5 heteroatoms. The van der Waals surface area contributed by atoms with E-state index >= 15 is 0 Å². The van der Waals surface area contributed by atoms with E-state index in [-0.39, 0.29) is 12.3 Å². The van der Waals surface area contributed by atoms with Gasteiger partial charge in [0.2, 0.25) is 5.91 Å². The number of carboxylic acids is 1. The van der Waals surface area contributed by atoms with Crippen LogP contribution in [0.1, 0.15) is 38.2 Å². The number of hydrogen-bond donors (Lipinski definition) is 3. The quantitative estimate of drug-likeness (QED) is 0.608. The summed E-state index contributed by atoms with van der Waals surface area (Å²) in [6.07, 6.45) is 2.95. The van der Waals surface area contributed by atoms with Crippen LogP contribution in [0.5, 0.6) is 0 Å². The van der Waals surface area contributed by atoms with E-state index in [1.54, 1.807) is 12.1 Å². The molecule has 1 rings (SSSR count). The first-order valence-electron chi connectivity index (χ1n) is 7.34. The minimum absolute atomic E-state index is 0.0205. The molecule has 0 aliphatic heterocycles. The first-order valence-corrected chi connectivity index (χ1v) is 7.34. The van der Waals surface area contributed by atoms with Crippen LogP contribution in [0, 0.1) is 5.92 Å². The standard InChI is InChI=1S/C16H24N2O3/c1-2-12(5-8-16(20)21)9-10-18-15(19)11-13-3-6-14(17)7-4-13/h3-4,6-7,12H,2,5,8-11,17H2,1H3,(H,18,19)(H,20,21). The molecule has 21 heavy (non-hydrogen) atoms. The summed E-state index contributed by atoms with van der Waals surface area (Å²) in [6.45, 7) is 2.63. The molecular weight excluding hydrogens is 268 g/mol. The lowest BCUT2D eigenvalue weighted by atomic mass is 9.96. The number of carbonyl (C=O) groups is 2. The number of carboxylic acid groups (broad SMARTS) is 1. The van der Waals surface area contributed by atoms with Gasteiger partial charge < -0.3 is 16.2 Å². The molecule has 1 aromatic rings. The van der Waals surface area contributed by atoms with Crippen molar-refractivity contribution < 1.29 is 14.7 Å². The molecule has 1 unspecified atom stereocenters. The Balaban J connectivity index is 2.25. The van der Waals surface area contributed by atoms with Crippen LogP contribution in [0.15, 0.2) is 24.3 Å². The van der Waals surface area contributed by atoms with Gasteiger partial charge in [0, 0.05) is 18.7 Å². The number of rotatable bonds is 9. The van der Waals surface area contributed by atoms with Gasteiger partial charge in [-0.2, -0.15) is 0 Å². The van der Waals surface area contributed by atoms with Crippen molar-refractivity contribution in [1.82, 2.24) is 5.32 Å². The van der Waals surface area contributed by atoms with E-state index in [1.807, 2.05) is 19.1 Å². The van der Waals surface area contributed by atoms with Gasteiger partial charge in [0.1, 0.15) is 0 Å². The van der Waals surface area contributed by atoms with Gasteiger partial charge in [0.25, 0.3) is 0 Å². The van der Waals surface area contributed by atoms with E-state index in [0.717, 1.165) is 18.4 Å². The summed E-state index contributed by atoms with van der Waals surface area (Å²) in [6, 6.07) is 7.25. The van der Waals surface area contributed by atoms with E-state index in [4.69, 9.17) is 10.8 Å². The van der Waals surface area contributed by atoms with Gasteiger partial charge in [0.15, 0.2) is 0 Å². The van der Waals surface area contributed by atoms with Gasteiger partial charge >= 0.3 is 5.97 Å². The molecule has 0 fully saturated rings. The average Bonchev–Trinajstić information content (AvgIpc) is 2.45. The zero-order chi connectivity index (χ0) is 15.7. The van der Waals surface area contributed by atoms with E-state index in [1.165, 1.54) is 0 Å². The molecule has 0 bridgehead atoms. The highest BCUT2D eigenvalue weighted by atomic mass is 16.4. The van der Waals surface area contributed by atoms with Gasteiger partial charge in [0.05, 0.1) is 6.42 Å². The number of nitrogen functional groups attached to an aromatic ring is 1. The van der Waals surface area contributed by atoms with Crippen LogP contribution < -0.4 is 11.1 Å². The maximum atomic E-state index is 11.8. The number of hydrogen-bond acceptors (Lipinski definition) is 3. The predicted octanol–water partition coefficient (Wildman–Crippen LogP) is 2.21. The lowest BCUT2D eigenvalue weighted by Crippen LogP contribution is -2.27. The molecular formula is C16H24N2O3. The van der Waals surface area contributed by atoms with Gasteiger partial charge in [-0.3, -0.25) is 9.59 Å². The van der Waals surface area contributed by atoms with E-state index < -0.39 is 5.97 Å². The highest BCUT2D eigenvalue weighted by Crippen LogP contribution is 2.14. The normalized spacial score (nSPS) is 11.9. The maximum absolute atomic E-state index is 11.8. The molecule has 0 aliphatic carbocycles. The first kappa shape index (κ1) is 17.0. The van der Waals surface area contributed by atoms with Gasteiger partial charge in [-0.1, -0.05) is 25.5 Å². The summed E-state index contributed by atoms with van der Waals surface area (Å²) in [7, 11) is 0. The van der Waals surface area contributed by atoms with Crippen LogP contribution in [0.2, 0.25) is 0 Å². The van der Waals surface area contributed by atoms with E-state index in [9.17, 15) is 9.59 Å². The third kappa shape index (κ3) is 7.34. The molecule has 0 heterocycles. The second-order valence-corrected chi connectivity index (χ2v) is 5.26. The van der Waals surface area contributed by atoms with Gasteiger partial charge in [-0.25, -0.2) is 0 Å². The summed E-state index contributed by atoms with van der Waals surface area (Å²) in [5.74, 6) is -0.438. The van der Waals surface area contributed by atoms with Gasteiger partial charge in [-0.15, -0.1) is 0 Å². The second-order valence-electron chi connectivity index (χ2n) is 5.26. The summed E-state index contributed by atoms with van der Waals surface area (Å²) < 4.78 is 0. The smallest absolute Gasteiger partial charge is 0.303 e. The third-order valence-corrected chi connectivity index (χ3v) is 3.56. The highest BCUT2D eigenvalue weighted by molar-refractivity contribution is 5.78. The van der Waals surface area contributed by atoms with Crippen molar-refractivity contribution in [3.05, 3.63) is 29.8 Å². The van der Waals surface area contributed by atoms with Crippen molar-refractivity contribution in [3.63, 3.8) is 0 Å². The largest absolute Gasteiger partial charge is 0.481 e. The minimum Gasteiger partial charge on any atom is -0.481 e. The average molecular weight is 292 g/mol. The van der Waals surface area contributed by atoms with Gasteiger partial charge in [-0.05, 0) is 36.5 Å². The molecule has 0 radical (unpaired) electrons. The molecule has 4 N–H and O–H groups in total. The third-order valence-electron chi connectivity index (χ3n) is 3.56. The van der Waals surface area contributed by atoms with Crippen LogP contribution in [-0.2, 0) is 16.0 Å². The van der Waals surface area contributed by atoms with Crippen molar-refractivity contribution in [1.29, 1.82) is 0 Å². The minimum atomic E-state index is -0.763. The molecule has 0 aromatic heterocycles. The predicted molar refractivity (Wildman–Crippen MR) is 82.8 cm³/mol. The molecule has 0 aliphatic rings. The van der Waals surface area contributed by atoms with Crippen molar-refractivity contribution >= 4 is 17.6 Å². The van der Waals surface area contributed by atoms with Crippen LogP contribution in [-0.4, -0.2) is 23.5 Å². The molecule has 1 aromatic carbocycles. The maximum Gasteiger partial charge on any atom is 0.303 e. The van der Waals surface area contributed by atoms with E-state index in [0.29, 0.717) is 31.0 Å². The number of anilines is 1. The fraction of sp³-hybridized carbons (Fsp3) is 0.500. The Hall–Kier alpha value is -2.04. The van der Waals surface area contributed by atoms with Crippen LogP contribution in [0.4, 0.5) is 5.69 Å². The Kier molecular flexibility index (Phi) is 7.29. The van der Waals surface area contributed by atoms with Crippen molar-refractivity contribution in [3.8, 4) is 0 Å². The number of carbonyl (C=O) groups excluding carboxylic acids is 1. The Morgan fingerprint density at radius 2 is 1.90 bits per heavy atom. The molecule has 0 saturated heterocycles. The molecule has 0 spiro atoms. The highest BCUT2D eigenvalue weighted by Gasteiger charge is 2.10. The zero-order valence-electron chi connectivity index (χ0n) is 12.5. The lowest BCUT2D eigenvalue weighted by molar-refractivity contribution is -0.137. The lowest BCUT2D eigenvalue weighted by Gasteiger charge is -2.14. The SMILES string of the molecule is CCC(CCNC(=O)Cc1ccc(N)cc1)CCC(=O)O. The van der Waals surface area contributed by atoms with E-state index in [2.05, 4.69) is 5.32 Å². The fourth-order valence-corrected chi connectivity index (χ4v) is 2.18. The number of benzene rings is 1. The van der Waals surface area contributed by atoms with Crippen molar-refractivity contribution in [2.75, 3.05) is 12.3 Å². The Bertz CT molecular complexity index is 457. The second kappa shape index (κ2) is 9.00. The molecule has 116 valence electrons. The van der Waals surface area contributed by atoms with Crippen molar-refractivity contribution in [2.24, 2.45) is 5.92 Å². The summed E-state index contributed by atoms with van der Waals surface area (Å²) in [5, 5.41) is 11.6. The fourth-order valence-electron chi connectivity index (χ4n) is 2.18. The molecule has 5 nitrogen and oxygen atoms in total. The zero-order valence-corrected chi connectivity index (χ0v) is 12.5. The summed E-state index contributed by atoms with van der Waals surface area (Å²) >= 11 is 0. The topological polar surface area (TPSA) is 92.4 Å².